The number of nitrogens with zero attached hydrogens (tertiary/aromatic N) is 2. The zero-order valence-corrected chi connectivity index (χ0v) is 11.2. The average Bonchev–Trinajstić information content (AvgIpc) is 2.87. The van der Waals surface area contributed by atoms with Crippen molar-refractivity contribution in [3.8, 4) is 0 Å². The number of fused-ring (bicyclic) bond motifs is 1. The van der Waals surface area contributed by atoms with Crippen LogP contribution in [0.15, 0.2) is 18.3 Å². The van der Waals surface area contributed by atoms with Gasteiger partial charge in [-0.05, 0) is 56.2 Å². The Morgan fingerprint density at radius 3 is 3.00 bits per heavy atom. The molecule has 18 heavy (non-hydrogen) atoms. The Morgan fingerprint density at radius 1 is 1.33 bits per heavy atom. The molecule has 3 heteroatoms. The van der Waals surface area contributed by atoms with Gasteiger partial charge in [0.15, 0.2) is 0 Å². The number of pyridine rings is 1. The minimum atomic E-state index is 0.0934. The monoisotopic (exact) mass is 245 g/mol. The van der Waals surface area contributed by atoms with Crippen molar-refractivity contribution in [2.24, 2.45) is 11.7 Å². The third-order valence-electron chi connectivity index (χ3n) is 4.58. The van der Waals surface area contributed by atoms with Crippen molar-refractivity contribution in [1.29, 1.82) is 0 Å². The Kier molecular flexibility index (Phi) is 3.25. The van der Waals surface area contributed by atoms with E-state index in [2.05, 4.69) is 16.0 Å². The van der Waals surface area contributed by atoms with Gasteiger partial charge < -0.3 is 10.6 Å². The molecule has 0 amide bonds. The van der Waals surface area contributed by atoms with Gasteiger partial charge in [0.05, 0.1) is 0 Å². The van der Waals surface area contributed by atoms with Crippen LogP contribution >= 0.6 is 0 Å². The summed E-state index contributed by atoms with van der Waals surface area (Å²) in [6, 6.07) is 5.04. The summed E-state index contributed by atoms with van der Waals surface area (Å²) in [6.45, 7) is 3.20. The van der Waals surface area contributed by atoms with Crippen LogP contribution < -0.4 is 10.6 Å². The minimum Gasteiger partial charge on any atom is -0.353 e. The fourth-order valence-corrected chi connectivity index (χ4v) is 3.61. The van der Waals surface area contributed by atoms with Crippen LogP contribution in [0.5, 0.6) is 0 Å². The van der Waals surface area contributed by atoms with E-state index in [1.54, 1.807) is 0 Å². The van der Waals surface area contributed by atoms with Crippen molar-refractivity contribution in [3.05, 3.63) is 23.9 Å². The highest BCUT2D eigenvalue weighted by atomic mass is 15.2. The summed E-state index contributed by atoms with van der Waals surface area (Å²) in [6.07, 6.45) is 8.77. The molecule has 2 fully saturated rings. The number of piperidine rings is 1. The molecule has 1 saturated heterocycles. The third kappa shape index (κ3) is 2.12. The minimum absolute atomic E-state index is 0.0934. The fraction of sp³-hybridized carbons (Fsp3) is 0.667. The first-order valence-electron chi connectivity index (χ1n) is 7.24. The van der Waals surface area contributed by atoms with E-state index in [0.29, 0.717) is 0 Å². The normalized spacial score (nSPS) is 29.1. The molecule has 3 rings (SSSR count). The summed E-state index contributed by atoms with van der Waals surface area (Å²) >= 11 is 0. The number of nitrogens with two attached hydrogens (primary N) is 1. The van der Waals surface area contributed by atoms with Gasteiger partial charge in [0.25, 0.3) is 0 Å². The molecule has 98 valence electrons. The Bertz CT molecular complexity index is 416. The number of aromatic nitrogens is 1. The van der Waals surface area contributed by atoms with Crippen LogP contribution in [0.4, 0.5) is 5.82 Å². The lowest BCUT2D eigenvalue weighted by atomic mass is 9.92. The van der Waals surface area contributed by atoms with Gasteiger partial charge in [0.2, 0.25) is 0 Å². The van der Waals surface area contributed by atoms with Gasteiger partial charge in [-0.1, -0.05) is 6.42 Å². The van der Waals surface area contributed by atoms with Crippen LogP contribution in [0, 0.1) is 5.92 Å². The largest absolute Gasteiger partial charge is 0.353 e. The Labute approximate surface area is 109 Å². The number of hydrogen-bond donors (Lipinski definition) is 1. The summed E-state index contributed by atoms with van der Waals surface area (Å²) in [5, 5.41) is 0. The van der Waals surface area contributed by atoms with Gasteiger partial charge >= 0.3 is 0 Å². The zero-order valence-electron chi connectivity index (χ0n) is 11.2. The van der Waals surface area contributed by atoms with Crippen molar-refractivity contribution in [2.45, 2.75) is 51.1 Å². The van der Waals surface area contributed by atoms with E-state index in [4.69, 9.17) is 5.73 Å². The van der Waals surface area contributed by atoms with Gasteiger partial charge in [0.1, 0.15) is 5.82 Å². The molecule has 2 heterocycles. The van der Waals surface area contributed by atoms with E-state index < -0.39 is 0 Å². The molecular formula is C15H23N3. The van der Waals surface area contributed by atoms with Crippen LogP contribution in [0.3, 0.4) is 0 Å². The molecule has 2 unspecified atom stereocenters. The summed E-state index contributed by atoms with van der Waals surface area (Å²) in [5.74, 6) is 2.04. The Balaban J connectivity index is 1.86. The molecule has 1 aliphatic carbocycles. The van der Waals surface area contributed by atoms with E-state index in [1.165, 1.54) is 37.7 Å². The Hall–Kier alpha value is -1.09. The summed E-state index contributed by atoms with van der Waals surface area (Å²) in [4.78, 5) is 7.11. The first-order valence-corrected chi connectivity index (χ1v) is 7.24. The van der Waals surface area contributed by atoms with Gasteiger partial charge in [-0.25, -0.2) is 4.98 Å². The maximum Gasteiger partial charge on any atom is 0.129 e. The predicted octanol–water partition coefficient (Wildman–Crippen LogP) is 2.87. The highest BCUT2D eigenvalue weighted by molar-refractivity contribution is 5.44. The summed E-state index contributed by atoms with van der Waals surface area (Å²) < 4.78 is 0. The maximum atomic E-state index is 5.97. The molecule has 3 nitrogen and oxygen atoms in total. The van der Waals surface area contributed by atoms with Gasteiger partial charge in [-0.3, -0.25) is 0 Å². The number of anilines is 1. The van der Waals surface area contributed by atoms with Crippen LogP contribution in [0.25, 0.3) is 0 Å². The van der Waals surface area contributed by atoms with Crippen LogP contribution in [-0.2, 0) is 0 Å². The second-order valence-electron chi connectivity index (χ2n) is 5.83. The van der Waals surface area contributed by atoms with Gasteiger partial charge in [0, 0.05) is 24.8 Å². The number of hydrogen-bond acceptors (Lipinski definition) is 3. The van der Waals surface area contributed by atoms with Gasteiger partial charge in [-0.15, -0.1) is 0 Å². The van der Waals surface area contributed by atoms with E-state index >= 15 is 0 Å². The van der Waals surface area contributed by atoms with E-state index in [0.717, 1.165) is 24.3 Å². The summed E-state index contributed by atoms with van der Waals surface area (Å²) in [7, 11) is 0. The second kappa shape index (κ2) is 4.88. The van der Waals surface area contributed by atoms with E-state index in [1.807, 2.05) is 19.2 Å². The topological polar surface area (TPSA) is 42.1 Å². The summed E-state index contributed by atoms with van der Waals surface area (Å²) in [5.41, 5.74) is 7.17. The fourth-order valence-electron chi connectivity index (χ4n) is 3.61. The highest BCUT2D eigenvalue weighted by Gasteiger charge is 2.35. The quantitative estimate of drug-likeness (QED) is 0.871. The van der Waals surface area contributed by atoms with Crippen molar-refractivity contribution < 1.29 is 0 Å². The second-order valence-corrected chi connectivity index (χ2v) is 5.83. The Morgan fingerprint density at radius 2 is 2.17 bits per heavy atom. The van der Waals surface area contributed by atoms with Crippen LogP contribution in [-0.4, -0.2) is 17.6 Å². The standard InChI is InChI=1S/C15H23N3/c1-11(16)13-7-8-17-15(10-13)18-9-3-5-12-4-2-6-14(12)18/h7-8,10-12,14H,2-6,9,16H2,1H3/t11-,12?,14?/m1/s1. The average molecular weight is 245 g/mol. The lowest BCUT2D eigenvalue weighted by Gasteiger charge is -2.38. The van der Waals surface area contributed by atoms with Crippen molar-refractivity contribution >= 4 is 5.82 Å². The highest BCUT2D eigenvalue weighted by Crippen LogP contribution is 2.38. The van der Waals surface area contributed by atoms with E-state index in [9.17, 15) is 0 Å². The zero-order chi connectivity index (χ0) is 12.5. The molecule has 0 spiro atoms. The van der Waals surface area contributed by atoms with Gasteiger partial charge in [-0.2, -0.15) is 0 Å². The first-order chi connectivity index (χ1) is 8.75. The maximum absolute atomic E-state index is 5.97. The van der Waals surface area contributed by atoms with Crippen molar-refractivity contribution in [3.63, 3.8) is 0 Å². The van der Waals surface area contributed by atoms with Crippen molar-refractivity contribution in [1.82, 2.24) is 4.98 Å². The molecule has 0 radical (unpaired) electrons. The SMILES string of the molecule is C[C@@H](N)c1ccnc(N2CCCC3CCCC32)c1. The van der Waals surface area contributed by atoms with Crippen molar-refractivity contribution in [2.75, 3.05) is 11.4 Å². The smallest absolute Gasteiger partial charge is 0.129 e. The molecule has 0 bridgehead atoms. The predicted molar refractivity (Wildman–Crippen MR) is 74.5 cm³/mol. The molecular weight excluding hydrogens is 222 g/mol. The molecule has 2 N–H and O–H groups in total. The van der Waals surface area contributed by atoms with Crippen LogP contribution in [0.1, 0.15) is 50.6 Å². The van der Waals surface area contributed by atoms with E-state index in [-0.39, 0.29) is 6.04 Å². The molecule has 3 atom stereocenters. The first kappa shape index (κ1) is 12.0. The molecule has 2 aliphatic rings. The van der Waals surface area contributed by atoms with Crippen LogP contribution in [0.2, 0.25) is 0 Å². The number of rotatable bonds is 2. The molecule has 1 aromatic heterocycles. The molecule has 1 aliphatic heterocycles. The molecule has 1 aromatic rings. The molecule has 1 saturated carbocycles. The lowest BCUT2D eigenvalue weighted by Crippen LogP contribution is -2.43. The lowest BCUT2D eigenvalue weighted by molar-refractivity contribution is 0.360. The molecule has 0 aromatic carbocycles. The third-order valence-corrected chi connectivity index (χ3v) is 4.58.